The Bertz CT molecular complexity index is 1250. The summed E-state index contributed by atoms with van der Waals surface area (Å²) in [7, 11) is 0. The Morgan fingerprint density at radius 3 is 2.71 bits per heavy atom. The van der Waals surface area contributed by atoms with Crippen LogP contribution in [-0.4, -0.2) is 81.7 Å². The van der Waals surface area contributed by atoms with Crippen molar-refractivity contribution in [1.29, 1.82) is 0 Å². The quantitative estimate of drug-likeness (QED) is 0.424. The minimum atomic E-state index is -0.285. The monoisotopic (exact) mass is 557 g/mol. The van der Waals surface area contributed by atoms with Gasteiger partial charge in [0, 0.05) is 62.7 Å². The van der Waals surface area contributed by atoms with Crippen LogP contribution in [0.1, 0.15) is 18.4 Å². The molecule has 0 aliphatic carbocycles. The van der Waals surface area contributed by atoms with Gasteiger partial charge in [-0.15, -0.1) is 0 Å². The minimum absolute atomic E-state index is 0.0788. The van der Waals surface area contributed by atoms with Crippen LogP contribution < -0.4 is 10.2 Å². The predicted molar refractivity (Wildman–Crippen MR) is 144 cm³/mol. The number of nitrogens with zero attached hydrogens (tertiary/aromatic N) is 6. The SMILES string of the molecule is O=C(CC1CN(C(=O)C2CCOC2)CCN1c1cc(Cl)nc(-n2ccnc2)n1)NCCc1ccc(Cl)cc1. The molecule has 0 bridgehead atoms. The van der Waals surface area contributed by atoms with Crippen molar-refractivity contribution >= 4 is 40.8 Å². The summed E-state index contributed by atoms with van der Waals surface area (Å²) in [5.74, 6) is 0.844. The van der Waals surface area contributed by atoms with Gasteiger partial charge in [0.1, 0.15) is 17.3 Å². The summed E-state index contributed by atoms with van der Waals surface area (Å²) in [4.78, 5) is 43.1. The molecule has 2 atom stereocenters. The fourth-order valence-corrected chi connectivity index (χ4v) is 5.14. The van der Waals surface area contributed by atoms with Gasteiger partial charge in [-0.3, -0.25) is 14.2 Å². The van der Waals surface area contributed by atoms with Gasteiger partial charge in [0.15, 0.2) is 0 Å². The number of benzene rings is 1. The van der Waals surface area contributed by atoms with E-state index in [0.717, 1.165) is 12.0 Å². The van der Waals surface area contributed by atoms with E-state index in [1.54, 1.807) is 29.4 Å². The van der Waals surface area contributed by atoms with E-state index in [1.165, 1.54) is 0 Å². The van der Waals surface area contributed by atoms with E-state index in [2.05, 4.69) is 15.3 Å². The Balaban J connectivity index is 1.30. The number of piperazine rings is 1. The average molecular weight is 558 g/mol. The van der Waals surface area contributed by atoms with Crippen LogP contribution in [0.3, 0.4) is 0 Å². The molecule has 0 saturated carbocycles. The van der Waals surface area contributed by atoms with Crippen LogP contribution in [-0.2, 0) is 20.7 Å². The minimum Gasteiger partial charge on any atom is -0.381 e. The third-order valence-electron chi connectivity index (χ3n) is 6.84. The second-order valence-corrected chi connectivity index (χ2v) is 10.3. The fourth-order valence-electron chi connectivity index (χ4n) is 4.84. The van der Waals surface area contributed by atoms with Crippen LogP contribution in [0.4, 0.5) is 5.82 Å². The van der Waals surface area contributed by atoms with E-state index >= 15 is 0 Å². The van der Waals surface area contributed by atoms with Gasteiger partial charge in [-0.05, 0) is 30.5 Å². The first-order chi connectivity index (χ1) is 18.5. The van der Waals surface area contributed by atoms with Crippen LogP contribution in [0.25, 0.3) is 5.95 Å². The molecule has 2 saturated heterocycles. The first-order valence-electron chi connectivity index (χ1n) is 12.6. The number of hydrogen-bond donors (Lipinski definition) is 1. The van der Waals surface area contributed by atoms with Crippen molar-refractivity contribution in [1.82, 2.24) is 29.7 Å². The van der Waals surface area contributed by atoms with Crippen LogP contribution in [0.2, 0.25) is 10.2 Å². The number of carbonyl (C=O) groups is 2. The largest absolute Gasteiger partial charge is 0.381 e. The Kier molecular flexibility index (Phi) is 8.41. The molecule has 1 aromatic carbocycles. The molecular weight excluding hydrogens is 529 g/mol. The molecule has 0 spiro atoms. The predicted octanol–water partition coefficient (Wildman–Crippen LogP) is 2.77. The van der Waals surface area contributed by atoms with E-state index in [1.807, 2.05) is 34.1 Å². The van der Waals surface area contributed by atoms with Gasteiger partial charge >= 0.3 is 0 Å². The summed E-state index contributed by atoms with van der Waals surface area (Å²) in [6, 6.07) is 8.98. The highest BCUT2D eigenvalue weighted by atomic mass is 35.5. The Morgan fingerprint density at radius 2 is 1.97 bits per heavy atom. The Hall–Kier alpha value is -3.21. The smallest absolute Gasteiger partial charge is 0.238 e. The zero-order chi connectivity index (χ0) is 26.5. The average Bonchev–Trinajstić information content (AvgIpc) is 3.64. The summed E-state index contributed by atoms with van der Waals surface area (Å²) in [6.07, 6.45) is 6.60. The lowest BCUT2D eigenvalue weighted by Crippen LogP contribution is -2.57. The number of hydrogen-bond acceptors (Lipinski definition) is 7. The third-order valence-corrected chi connectivity index (χ3v) is 7.29. The molecule has 1 N–H and O–H groups in total. The number of ether oxygens (including phenoxy) is 1. The number of rotatable bonds is 8. The normalized spacial score (nSPS) is 19.5. The van der Waals surface area contributed by atoms with Gasteiger partial charge in [0.2, 0.25) is 17.8 Å². The molecule has 2 aliphatic rings. The molecule has 4 heterocycles. The molecular formula is C26H29Cl2N7O3. The van der Waals surface area contributed by atoms with Gasteiger partial charge in [-0.1, -0.05) is 35.3 Å². The summed E-state index contributed by atoms with van der Waals surface area (Å²) in [6.45, 7) is 2.99. The number of halogens is 2. The van der Waals surface area contributed by atoms with E-state index < -0.39 is 0 Å². The maximum Gasteiger partial charge on any atom is 0.238 e. The Morgan fingerprint density at radius 1 is 1.13 bits per heavy atom. The lowest BCUT2D eigenvalue weighted by Gasteiger charge is -2.42. The fraction of sp³-hybridized carbons (Fsp3) is 0.423. The molecule has 200 valence electrons. The van der Waals surface area contributed by atoms with E-state index in [9.17, 15) is 9.59 Å². The highest BCUT2D eigenvalue weighted by Gasteiger charge is 2.36. The van der Waals surface area contributed by atoms with Crippen molar-refractivity contribution in [3.63, 3.8) is 0 Å². The molecule has 10 nitrogen and oxygen atoms in total. The van der Waals surface area contributed by atoms with Crippen LogP contribution >= 0.6 is 23.2 Å². The maximum absolute atomic E-state index is 13.2. The van der Waals surface area contributed by atoms with Gasteiger partial charge in [-0.2, -0.15) is 4.98 Å². The molecule has 5 rings (SSSR count). The number of imidazole rings is 1. The Labute approximate surface area is 230 Å². The molecule has 12 heteroatoms. The first kappa shape index (κ1) is 26.4. The van der Waals surface area contributed by atoms with Crippen molar-refractivity contribution in [3.05, 3.63) is 64.8 Å². The second-order valence-electron chi connectivity index (χ2n) is 9.44. The molecule has 2 amide bonds. The second kappa shape index (κ2) is 12.1. The lowest BCUT2D eigenvalue weighted by molar-refractivity contribution is -0.137. The van der Waals surface area contributed by atoms with Crippen molar-refractivity contribution in [3.8, 4) is 5.95 Å². The van der Waals surface area contributed by atoms with E-state index in [4.69, 9.17) is 32.9 Å². The zero-order valence-corrected chi connectivity index (χ0v) is 22.3. The molecule has 2 fully saturated rings. The zero-order valence-electron chi connectivity index (χ0n) is 20.8. The molecule has 3 aromatic rings. The van der Waals surface area contributed by atoms with Gasteiger partial charge in [0.25, 0.3) is 0 Å². The number of nitrogens with one attached hydrogen (secondary N) is 1. The summed E-state index contributed by atoms with van der Waals surface area (Å²) in [5.41, 5.74) is 1.09. The van der Waals surface area contributed by atoms with Crippen LogP contribution in [0, 0.1) is 5.92 Å². The van der Waals surface area contributed by atoms with Crippen molar-refractivity contribution in [2.75, 3.05) is 44.3 Å². The first-order valence-corrected chi connectivity index (χ1v) is 13.4. The molecule has 2 unspecified atom stereocenters. The summed E-state index contributed by atoms with van der Waals surface area (Å²) in [5, 5.41) is 3.98. The highest BCUT2D eigenvalue weighted by molar-refractivity contribution is 6.30. The van der Waals surface area contributed by atoms with Gasteiger partial charge in [0.05, 0.1) is 18.6 Å². The third kappa shape index (κ3) is 6.43. The van der Waals surface area contributed by atoms with Crippen LogP contribution in [0.15, 0.2) is 49.1 Å². The van der Waals surface area contributed by atoms with Gasteiger partial charge < -0.3 is 19.9 Å². The van der Waals surface area contributed by atoms with E-state index in [0.29, 0.717) is 62.6 Å². The standard InChI is InChI=1S/C26H29Cl2N7O3/c27-20-3-1-18(2-4-20)5-7-30-24(36)13-21-15-33(25(37)19-6-12-38-16-19)10-11-35(21)23-14-22(28)31-26(32-23)34-9-8-29-17-34/h1-4,8-9,14,17,19,21H,5-7,10-13,15-16H2,(H,30,36). The van der Waals surface area contributed by atoms with E-state index in [-0.39, 0.29) is 35.3 Å². The number of carbonyl (C=O) groups excluding carboxylic acids is 2. The van der Waals surface area contributed by atoms with Crippen molar-refractivity contribution in [2.45, 2.75) is 25.3 Å². The highest BCUT2D eigenvalue weighted by Crippen LogP contribution is 2.26. The van der Waals surface area contributed by atoms with Gasteiger partial charge in [-0.25, -0.2) is 9.97 Å². The number of anilines is 1. The molecule has 0 radical (unpaired) electrons. The molecule has 2 aliphatic heterocycles. The molecule has 2 aromatic heterocycles. The van der Waals surface area contributed by atoms with Crippen LogP contribution in [0.5, 0.6) is 0 Å². The number of aromatic nitrogens is 4. The summed E-state index contributed by atoms with van der Waals surface area (Å²) >= 11 is 12.3. The van der Waals surface area contributed by atoms with Crippen molar-refractivity contribution in [2.24, 2.45) is 5.92 Å². The topological polar surface area (TPSA) is 105 Å². The lowest BCUT2D eigenvalue weighted by atomic mass is 10.0. The number of amides is 2. The maximum atomic E-state index is 13.2. The molecule has 38 heavy (non-hydrogen) atoms. The van der Waals surface area contributed by atoms with Crippen molar-refractivity contribution < 1.29 is 14.3 Å². The summed E-state index contributed by atoms with van der Waals surface area (Å²) < 4.78 is 7.11.